The molecule has 4 heteroatoms. The average Bonchev–Trinajstić information content (AvgIpc) is 2.81. The molecule has 3 nitrogen and oxygen atoms in total. The SMILES string of the molecule is COc1cc(Br)ccc1C(=O)Cc1ccco1. The van der Waals surface area contributed by atoms with Crippen LogP contribution in [0.1, 0.15) is 16.1 Å². The summed E-state index contributed by atoms with van der Waals surface area (Å²) < 4.78 is 11.2. The number of Topliss-reactive ketones (excluding diaryl/α,β-unsaturated/α-hetero) is 1. The highest BCUT2D eigenvalue weighted by atomic mass is 79.9. The summed E-state index contributed by atoms with van der Waals surface area (Å²) in [4.78, 5) is 12.0. The first-order valence-electron chi connectivity index (χ1n) is 5.10. The Bertz CT molecular complexity index is 517. The van der Waals surface area contributed by atoms with E-state index in [4.69, 9.17) is 9.15 Å². The summed E-state index contributed by atoms with van der Waals surface area (Å²) in [6.07, 6.45) is 1.80. The predicted molar refractivity (Wildman–Crippen MR) is 67.4 cm³/mol. The topological polar surface area (TPSA) is 39.4 Å². The van der Waals surface area contributed by atoms with Crippen LogP contribution in [-0.4, -0.2) is 12.9 Å². The van der Waals surface area contributed by atoms with Gasteiger partial charge in [0.1, 0.15) is 11.5 Å². The van der Waals surface area contributed by atoms with Crippen LogP contribution in [0.15, 0.2) is 45.5 Å². The van der Waals surface area contributed by atoms with Crippen molar-refractivity contribution in [1.82, 2.24) is 0 Å². The smallest absolute Gasteiger partial charge is 0.174 e. The van der Waals surface area contributed by atoms with Crippen molar-refractivity contribution in [2.24, 2.45) is 0 Å². The quantitative estimate of drug-likeness (QED) is 0.811. The third kappa shape index (κ3) is 2.77. The molecule has 2 aromatic rings. The zero-order chi connectivity index (χ0) is 12.3. The predicted octanol–water partition coefficient (Wildman–Crippen LogP) is 3.48. The highest BCUT2D eigenvalue weighted by Crippen LogP contribution is 2.24. The van der Waals surface area contributed by atoms with Gasteiger partial charge in [-0.1, -0.05) is 15.9 Å². The molecule has 88 valence electrons. The lowest BCUT2D eigenvalue weighted by molar-refractivity contribution is 0.0984. The highest BCUT2D eigenvalue weighted by molar-refractivity contribution is 9.10. The van der Waals surface area contributed by atoms with E-state index in [-0.39, 0.29) is 12.2 Å². The van der Waals surface area contributed by atoms with Crippen molar-refractivity contribution in [3.05, 3.63) is 52.4 Å². The van der Waals surface area contributed by atoms with Gasteiger partial charge in [-0.3, -0.25) is 4.79 Å². The highest BCUT2D eigenvalue weighted by Gasteiger charge is 2.14. The Morgan fingerprint density at radius 3 is 2.88 bits per heavy atom. The minimum absolute atomic E-state index is 0.0238. The number of carbonyl (C=O) groups is 1. The van der Waals surface area contributed by atoms with E-state index in [1.54, 1.807) is 37.6 Å². The van der Waals surface area contributed by atoms with Gasteiger partial charge >= 0.3 is 0 Å². The largest absolute Gasteiger partial charge is 0.496 e. The van der Waals surface area contributed by atoms with E-state index in [2.05, 4.69) is 15.9 Å². The Morgan fingerprint density at radius 2 is 2.24 bits per heavy atom. The molecule has 1 aromatic heterocycles. The Labute approximate surface area is 108 Å². The van der Waals surface area contributed by atoms with Crippen molar-refractivity contribution in [3.8, 4) is 5.75 Å². The molecule has 0 aliphatic heterocycles. The van der Waals surface area contributed by atoms with Gasteiger partial charge in [0.25, 0.3) is 0 Å². The molecular formula is C13H11BrO3. The average molecular weight is 295 g/mol. The fourth-order valence-electron chi connectivity index (χ4n) is 1.56. The second-order valence-corrected chi connectivity index (χ2v) is 4.44. The summed E-state index contributed by atoms with van der Waals surface area (Å²) >= 11 is 3.34. The molecule has 1 aromatic carbocycles. The van der Waals surface area contributed by atoms with Crippen molar-refractivity contribution < 1.29 is 13.9 Å². The van der Waals surface area contributed by atoms with Crippen LogP contribution in [0.3, 0.4) is 0 Å². The monoisotopic (exact) mass is 294 g/mol. The standard InChI is InChI=1S/C13H11BrO3/c1-16-13-7-9(14)4-5-11(13)12(15)8-10-3-2-6-17-10/h2-7H,8H2,1H3. The van der Waals surface area contributed by atoms with Crippen LogP contribution in [0.5, 0.6) is 5.75 Å². The number of benzene rings is 1. The van der Waals surface area contributed by atoms with Crippen LogP contribution in [0.4, 0.5) is 0 Å². The summed E-state index contributed by atoms with van der Waals surface area (Å²) in [7, 11) is 1.55. The molecular weight excluding hydrogens is 284 g/mol. The minimum Gasteiger partial charge on any atom is -0.496 e. The third-order valence-corrected chi connectivity index (χ3v) is 2.87. The van der Waals surface area contributed by atoms with E-state index in [1.807, 2.05) is 6.07 Å². The van der Waals surface area contributed by atoms with E-state index < -0.39 is 0 Å². The molecule has 0 aliphatic carbocycles. The molecule has 0 saturated carbocycles. The number of hydrogen-bond donors (Lipinski definition) is 0. The van der Waals surface area contributed by atoms with Gasteiger partial charge in [-0.25, -0.2) is 0 Å². The first-order chi connectivity index (χ1) is 8.20. The van der Waals surface area contributed by atoms with E-state index in [0.29, 0.717) is 17.1 Å². The van der Waals surface area contributed by atoms with E-state index in [0.717, 1.165) is 4.47 Å². The molecule has 0 unspecified atom stereocenters. The van der Waals surface area contributed by atoms with Crippen LogP contribution in [0.2, 0.25) is 0 Å². The first kappa shape index (κ1) is 11.9. The Balaban J connectivity index is 2.24. The molecule has 0 N–H and O–H groups in total. The summed E-state index contributed by atoms with van der Waals surface area (Å²) in [5.41, 5.74) is 0.562. The fourth-order valence-corrected chi connectivity index (χ4v) is 1.90. The lowest BCUT2D eigenvalue weighted by atomic mass is 10.1. The molecule has 0 saturated heterocycles. The molecule has 0 bridgehead atoms. The van der Waals surface area contributed by atoms with Crippen LogP contribution in [0.25, 0.3) is 0 Å². The number of halogens is 1. The van der Waals surface area contributed by atoms with Gasteiger partial charge in [-0.2, -0.15) is 0 Å². The molecule has 2 rings (SSSR count). The number of carbonyl (C=O) groups excluding carboxylic acids is 1. The molecule has 0 fully saturated rings. The van der Waals surface area contributed by atoms with Crippen molar-refractivity contribution in [2.45, 2.75) is 6.42 Å². The third-order valence-electron chi connectivity index (χ3n) is 2.38. The number of furan rings is 1. The van der Waals surface area contributed by atoms with Gasteiger partial charge in [0.05, 0.1) is 25.4 Å². The van der Waals surface area contributed by atoms with Gasteiger partial charge in [0.2, 0.25) is 0 Å². The number of methoxy groups -OCH3 is 1. The molecule has 0 atom stereocenters. The Hall–Kier alpha value is -1.55. The van der Waals surface area contributed by atoms with Gasteiger partial charge in [-0.05, 0) is 30.3 Å². The summed E-state index contributed by atoms with van der Waals surface area (Å²) in [6.45, 7) is 0. The van der Waals surface area contributed by atoms with Crippen LogP contribution < -0.4 is 4.74 Å². The van der Waals surface area contributed by atoms with Gasteiger partial charge in [-0.15, -0.1) is 0 Å². The Kier molecular flexibility index (Phi) is 3.64. The zero-order valence-corrected chi connectivity index (χ0v) is 10.9. The van der Waals surface area contributed by atoms with Gasteiger partial charge < -0.3 is 9.15 Å². The number of rotatable bonds is 4. The van der Waals surface area contributed by atoms with Crippen LogP contribution in [0, 0.1) is 0 Å². The second-order valence-electron chi connectivity index (χ2n) is 3.52. The number of ketones is 1. The minimum atomic E-state index is -0.0238. The maximum absolute atomic E-state index is 12.0. The lowest BCUT2D eigenvalue weighted by Gasteiger charge is -2.07. The molecule has 0 radical (unpaired) electrons. The zero-order valence-electron chi connectivity index (χ0n) is 9.27. The summed E-state index contributed by atoms with van der Waals surface area (Å²) in [5, 5.41) is 0. The molecule has 0 spiro atoms. The van der Waals surface area contributed by atoms with Crippen molar-refractivity contribution in [2.75, 3.05) is 7.11 Å². The summed E-state index contributed by atoms with van der Waals surface area (Å²) in [5.74, 6) is 1.19. The van der Waals surface area contributed by atoms with Crippen LogP contribution >= 0.6 is 15.9 Å². The molecule has 0 amide bonds. The van der Waals surface area contributed by atoms with Crippen molar-refractivity contribution in [3.63, 3.8) is 0 Å². The second kappa shape index (κ2) is 5.19. The first-order valence-corrected chi connectivity index (χ1v) is 5.89. The normalized spacial score (nSPS) is 10.2. The van der Waals surface area contributed by atoms with E-state index in [1.165, 1.54) is 0 Å². The molecule has 0 aliphatic rings. The summed E-state index contributed by atoms with van der Waals surface area (Å²) in [6, 6.07) is 8.88. The molecule has 17 heavy (non-hydrogen) atoms. The van der Waals surface area contributed by atoms with Gasteiger partial charge in [0, 0.05) is 4.47 Å². The lowest BCUT2D eigenvalue weighted by Crippen LogP contribution is -2.05. The van der Waals surface area contributed by atoms with Gasteiger partial charge in [0.15, 0.2) is 5.78 Å². The van der Waals surface area contributed by atoms with Crippen LogP contribution in [-0.2, 0) is 6.42 Å². The van der Waals surface area contributed by atoms with Crippen molar-refractivity contribution in [1.29, 1.82) is 0 Å². The Morgan fingerprint density at radius 1 is 1.41 bits per heavy atom. The number of hydrogen-bond acceptors (Lipinski definition) is 3. The maximum atomic E-state index is 12.0. The van der Waals surface area contributed by atoms with Crippen molar-refractivity contribution >= 4 is 21.7 Å². The fraction of sp³-hybridized carbons (Fsp3) is 0.154. The molecule has 1 heterocycles. The van der Waals surface area contributed by atoms with E-state index in [9.17, 15) is 4.79 Å². The maximum Gasteiger partial charge on any atom is 0.174 e. The number of ether oxygens (including phenoxy) is 1. The van der Waals surface area contributed by atoms with E-state index >= 15 is 0 Å².